The highest BCUT2D eigenvalue weighted by Gasteiger charge is 2.34. The minimum absolute atomic E-state index is 0.275. The Morgan fingerprint density at radius 1 is 0.897 bits per heavy atom. The summed E-state index contributed by atoms with van der Waals surface area (Å²) >= 11 is 0. The molecule has 0 saturated heterocycles. The van der Waals surface area contributed by atoms with Gasteiger partial charge in [-0.2, -0.15) is 5.10 Å². The van der Waals surface area contributed by atoms with Crippen molar-refractivity contribution in [1.82, 2.24) is 5.01 Å². The molecule has 196 valence electrons. The highest BCUT2D eigenvalue weighted by molar-refractivity contribution is 6.10. The zero-order chi connectivity index (χ0) is 27.4. The van der Waals surface area contributed by atoms with E-state index in [1.165, 1.54) is 18.0 Å². The molecule has 0 radical (unpaired) electrons. The van der Waals surface area contributed by atoms with Crippen molar-refractivity contribution in [1.29, 1.82) is 0 Å². The number of hydrogen-bond acceptors (Lipinski definition) is 6. The lowest BCUT2D eigenvalue weighted by Crippen LogP contribution is -2.25. The van der Waals surface area contributed by atoms with Crippen LogP contribution in [0.15, 0.2) is 96.1 Å². The van der Waals surface area contributed by atoms with E-state index < -0.39 is 12.0 Å². The summed E-state index contributed by atoms with van der Waals surface area (Å²) in [6, 6.07) is 26.3. The molecule has 4 aromatic rings. The first kappa shape index (κ1) is 25.7. The van der Waals surface area contributed by atoms with Crippen molar-refractivity contribution in [2.45, 2.75) is 19.4 Å². The molecule has 7 nitrogen and oxygen atoms in total. The molecule has 4 aromatic carbocycles. The minimum Gasteiger partial charge on any atom is -0.493 e. The van der Waals surface area contributed by atoms with Gasteiger partial charge >= 0.3 is 5.97 Å². The molecule has 5 rings (SSSR count). The first-order chi connectivity index (χ1) is 19.0. The van der Waals surface area contributed by atoms with Crippen molar-refractivity contribution in [2.24, 2.45) is 5.10 Å². The molecule has 39 heavy (non-hydrogen) atoms. The van der Waals surface area contributed by atoms with Crippen molar-refractivity contribution in [3.8, 4) is 17.2 Å². The topological polar surface area (TPSA) is 77.4 Å². The van der Waals surface area contributed by atoms with E-state index in [-0.39, 0.29) is 5.91 Å². The zero-order valence-corrected chi connectivity index (χ0v) is 22.0. The predicted molar refractivity (Wildman–Crippen MR) is 151 cm³/mol. The number of methoxy groups -OCH3 is 2. The summed E-state index contributed by atoms with van der Waals surface area (Å²) in [4.78, 5) is 25.6. The van der Waals surface area contributed by atoms with Gasteiger partial charge in [-0.1, -0.05) is 66.7 Å². The maximum Gasteiger partial charge on any atom is 0.308 e. The van der Waals surface area contributed by atoms with Gasteiger partial charge in [0.25, 0.3) is 5.91 Å². The highest BCUT2D eigenvalue weighted by atomic mass is 16.5. The summed E-state index contributed by atoms with van der Waals surface area (Å²) in [5.74, 6) is 0.875. The van der Waals surface area contributed by atoms with Crippen molar-refractivity contribution >= 4 is 34.4 Å². The summed E-state index contributed by atoms with van der Waals surface area (Å²) in [7, 11) is 3.15. The molecule has 0 aromatic heterocycles. The number of benzene rings is 4. The summed E-state index contributed by atoms with van der Waals surface area (Å²) in [6.07, 6.45) is 3.69. The lowest BCUT2D eigenvalue weighted by atomic mass is 9.95. The fourth-order valence-corrected chi connectivity index (χ4v) is 4.73. The Labute approximate surface area is 226 Å². The third-order valence-corrected chi connectivity index (χ3v) is 6.58. The molecule has 0 N–H and O–H groups in total. The third kappa shape index (κ3) is 5.38. The number of nitrogens with zero attached hydrogens (tertiary/aromatic N) is 2. The van der Waals surface area contributed by atoms with Gasteiger partial charge in [0.05, 0.1) is 26.0 Å². The van der Waals surface area contributed by atoms with Crippen LogP contribution in [0.3, 0.4) is 0 Å². The van der Waals surface area contributed by atoms with E-state index in [0.29, 0.717) is 34.9 Å². The van der Waals surface area contributed by atoms with Gasteiger partial charge in [0.15, 0.2) is 11.5 Å². The number of amides is 1. The zero-order valence-electron chi connectivity index (χ0n) is 22.0. The average molecular weight is 521 g/mol. The van der Waals surface area contributed by atoms with Crippen LogP contribution in [0.5, 0.6) is 17.2 Å². The molecule has 0 spiro atoms. The summed E-state index contributed by atoms with van der Waals surface area (Å²) < 4.78 is 16.6. The first-order valence-electron chi connectivity index (χ1n) is 12.5. The van der Waals surface area contributed by atoms with Crippen LogP contribution < -0.4 is 14.2 Å². The van der Waals surface area contributed by atoms with Crippen LogP contribution in [0.1, 0.15) is 36.1 Å². The van der Waals surface area contributed by atoms with Gasteiger partial charge in [0, 0.05) is 30.4 Å². The number of ether oxygens (including phenoxy) is 3. The molecule has 0 fully saturated rings. The fourth-order valence-electron chi connectivity index (χ4n) is 4.73. The maximum atomic E-state index is 13.5. The summed E-state index contributed by atoms with van der Waals surface area (Å²) in [5.41, 5.74) is 3.04. The van der Waals surface area contributed by atoms with Crippen molar-refractivity contribution in [3.05, 3.63) is 108 Å². The van der Waals surface area contributed by atoms with Gasteiger partial charge in [0.1, 0.15) is 5.75 Å². The molecule has 7 heteroatoms. The van der Waals surface area contributed by atoms with E-state index >= 15 is 0 Å². The number of carbonyl (C=O) groups excluding carboxylic acids is 2. The van der Waals surface area contributed by atoms with Crippen LogP contribution in [0.2, 0.25) is 0 Å². The largest absolute Gasteiger partial charge is 0.493 e. The number of rotatable bonds is 7. The number of hydrogen-bond donors (Lipinski definition) is 0. The monoisotopic (exact) mass is 520 g/mol. The number of hydrazone groups is 1. The number of carbonyl (C=O) groups is 2. The Hall–Kier alpha value is -4.91. The quantitative estimate of drug-likeness (QED) is 0.165. The van der Waals surface area contributed by atoms with Crippen LogP contribution in [-0.2, 0) is 9.59 Å². The average Bonchev–Trinajstić information content (AvgIpc) is 3.41. The molecule has 0 aliphatic carbocycles. The lowest BCUT2D eigenvalue weighted by molar-refractivity contribution is -0.132. The predicted octanol–water partition coefficient (Wildman–Crippen LogP) is 6.17. The Balaban J connectivity index is 1.59. The van der Waals surface area contributed by atoms with Gasteiger partial charge in [-0.3, -0.25) is 9.59 Å². The lowest BCUT2D eigenvalue weighted by Gasteiger charge is -2.22. The first-order valence-corrected chi connectivity index (χ1v) is 12.5. The highest BCUT2D eigenvalue weighted by Crippen LogP contribution is 2.40. The molecule has 1 aliphatic heterocycles. The smallest absolute Gasteiger partial charge is 0.308 e. The molecule has 0 bridgehead atoms. The van der Waals surface area contributed by atoms with Gasteiger partial charge in [-0.15, -0.1) is 0 Å². The van der Waals surface area contributed by atoms with Crippen molar-refractivity contribution < 1.29 is 23.8 Å². The van der Waals surface area contributed by atoms with E-state index in [1.807, 2.05) is 84.9 Å². The Kier molecular flexibility index (Phi) is 7.41. The summed E-state index contributed by atoms with van der Waals surface area (Å²) in [5, 5.41) is 7.99. The van der Waals surface area contributed by atoms with E-state index in [9.17, 15) is 9.59 Å². The Morgan fingerprint density at radius 2 is 1.64 bits per heavy atom. The second kappa shape index (κ2) is 11.2. The Morgan fingerprint density at radius 3 is 2.38 bits per heavy atom. The second-order valence-electron chi connectivity index (χ2n) is 9.06. The second-order valence-corrected chi connectivity index (χ2v) is 9.06. The minimum atomic E-state index is -0.429. The van der Waals surface area contributed by atoms with Gasteiger partial charge in [-0.05, 0) is 40.8 Å². The van der Waals surface area contributed by atoms with E-state index in [2.05, 4.69) is 0 Å². The maximum absolute atomic E-state index is 13.5. The van der Waals surface area contributed by atoms with E-state index in [1.54, 1.807) is 20.3 Å². The molecule has 1 amide bonds. The molecule has 1 unspecified atom stereocenters. The van der Waals surface area contributed by atoms with Gasteiger partial charge in [0.2, 0.25) is 0 Å². The van der Waals surface area contributed by atoms with E-state index in [4.69, 9.17) is 19.3 Å². The van der Waals surface area contributed by atoms with Crippen molar-refractivity contribution in [2.75, 3.05) is 14.2 Å². The molecule has 1 atom stereocenters. The van der Waals surface area contributed by atoms with Crippen LogP contribution in [0, 0.1) is 0 Å². The van der Waals surface area contributed by atoms with E-state index in [0.717, 1.165) is 21.9 Å². The van der Waals surface area contributed by atoms with Crippen LogP contribution >= 0.6 is 0 Å². The van der Waals surface area contributed by atoms with Crippen molar-refractivity contribution in [3.63, 3.8) is 0 Å². The SMILES string of the molecule is COc1ccc(C2CC(c3ccc4ccccc4c3OC(C)=O)=NN2C(=O)C=Cc2ccccc2)cc1OC. The number of esters is 1. The fraction of sp³-hybridized carbons (Fsp3) is 0.156. The molecule has 1 aliphatic rings. The molecular weight excluding hydrogens is 492 g/mol. The number of fused-ring (bicyclic) bond motifs is 1. The van der Waals surface area contributed by atoms with Crippen LogP contribution in [0.4, 0.5) is 0 Å². The van der Waals surface area contributed by atoms with Gasteiger partial charge in [-0.25, -0.2) is 5.01 Å². The molecule has 0 saturated carbocycles. The normalized spacial score (nSPS) is 14.9. The van der Waals surface area contributed by atoms with Crippen LogP contribution in [0.25, 0.3) is 16.8 Å². The molecular formula is C32H28N2O5. The van der Waals surface area contributed by atoms with Crippen LogP contribution in [-0.4, -0.2) is 36.8 Å². The molecule has 1 heterocycles. The summed E-state index contributed by atoms with van der Waals surface area (Å²) in [6.45, 7) is 1.37. The standard InChI is InChI=1S/C32H28N2O5/c1-21(35)39-32-25-12-8-7-11-23(25)14-16-26(32)27-20-28(24-15-17-29(37-2)30(19-24)38-3)34(33-27)31(36)18-13-22-9-5-4-6-10-22/h4-19,28H,20H2,1-3H3. The third-order valence-electron chi connectivity index (χ3n) is 6.58. The van der Waals surface area contributed by atoms with Gasteiger partial charge < -0.3 is 14.2 Å². The Bertz CT molecular complexity index is 1590.